The van der Waals surface area contributed by atoms with E-state index in [9.17, 15) is 24.3 Å². The van der Waals surface area contributed by atoms with Crippen LogP contribution in [0, 0.1) is 12.8 Å². The van der Waals surface area contributed by atoms with Crippen molar-refractivity contribution in [1.29, 1.82) is 0 Å². The first-order chi connectivity index (χ1) is 12.2. The van der Waals surface area contributed by atoms with Crippen LogP contribution in [-0.4, -0.2) is 43.8 Å². The Hall–Kier alpha value is -3.11. The molecule has 140 valence electrons. The molecule has 0 aliphatic carbocycles. The Morgan fingerprint density at radius 3 is 2.77 bits per heavy atom. The number of rotatable bonds is 7. The van der Waals surface area contributed by atoms with E-state index in [0.29, 0.717) is 0 Å². The number of nitrogens with one attached hydrogen (secondary N) is 1. The first-order valence-electron chi connectivity index (χ1n) is 7.71. The molecule has 3 N–H and O–H groups in total. The number of carbonyl (C=O) groups is 2. The van der Waals surface area contributed by atoms with Gasteiger partial charge in [0.1, 0.15) is 6.23 Å². The first-order valence-corrected chi connectivity index (χ1v) is 7.71. The molecule has 0 spiro atoms. The third-order valence-electron chi connectivity index (χ3n) is 4.18. The largest absolute Gasteiger partial charge is 0.481 e. The van der Waals surface area contributed by atoms with Gasteiger partial charge in [-0.1, -0.05) is 5.11 Å². The van der Waals surface area contributed by atoms with Gasteiger partial charge in [-0.2, -0.15) is 0 Å². The van der Waals surface area contributed by atoms with Gasteiger partial charge in [0.15, 0.2) is 0 Å². The molecule has 4 atom stereocenters. The predicted octanol–water partition coefficient (Wildman–Crippen LogP) is 0.377. The number of aromatic nitrogens is 2. The lowest BCUT2D eigenvalue weighted by molar-refractivity contribution is -0.149. The summed E-state index contributed by atoms with van der Waals surface area (Å²) >= 11 is 0. The standard InChI is InChI=1S/C14H17N5O7/c1-6-5-19(14(25)16-12(6)22)9-4-8(17-18-15)11(26-9)7(13(23)24)2-3-10(20)21/h5,7-9,11H,2-4H2,1H3,(H,20,21)(H,23,24)(H,16,22,25). The number of H-pyrrole nitrogens is 1. The highest BCUT2D eigenvalue weighted by molar-refractivity contribution is 5.73. The third kappa shape index (κ3) is 4.10. The number of azide groups is 1. The number of aromatic amines is 1. The molecular formula is C14H17N5O7. The summed E-state index contributed by atoms with van der Waals surface area (Å²) in [5.74, 6) is -3.69. The van der Waals surface area contributed by atoms with Crippen molar-refractivity contribution in [2.45, 2.75) is 44.6 Å². The van der Waals surface area contributed by atoms with Crippen LogP contribution in [0.2, 0.25) is 0 Å². The smallest absolute Gasteiger partial charge is 0.330 e. The Morgan fingerprint density at radius 1 is 1.50 bits per heavy atom. The molecule has 12 heteroatoms. The van der Waals surface area contributed by atoms with Crippen molar-refractivity contribution in [1.82, 2.24) is 9.55 Å². The second-order valence-corrected chi connectivity index (χ2v) is 5.92. The number of aryl methyl sites for hydroxylation is 1. The monoisotopic (exact) mass is 367 g/mol. The van der Waals surface area contributed by atoms with Gasteiger partial charge in [0.25, 0.3) is 5.56 Å². The molecule has 2 heterocycles. The average Bonchev–Trinajstić information content (AvgIpc) is 2.94. The van der Waals surface area contributed by atoms with E-state index >= 15 is 0 Å². The van der Waals surface area contributed by atoms with Crippen LogP contribution in [-0.2, 0) is 14.3 Å². The summed E-state index contributed by atoms with van der Waals surface area (Å²) in [6.45, 7) is 1.49. The maximum absolute atomic E-state index is 12.0. The Morgan fingerprint density at radius 2 is 2.19 bits per heavy atom. The van der Waals surface area contributed by atoms with Crippen LogP contribution in [0.5, 0.6) is 0 Å². The average molecular weight is 367 g/mol. The molecule has 2 rings (SSSR count). The van der Waals surface area contributed by atoms with Crippen LogP contribution < -0.4 is 11.2 Å². The Labute approximate surface area is 145 Å². The van der Waals surface area contributed by atoms with Crippen molar-refractivity contribution in [2.75, 3.05) is 0 Å². The van der Waals surface area contributed by atoms with Crippen molar-refractivity contribution in [3.63, 3.8) is 0 Å². The van der Waals surface area contributed by atoms with E-state index < -0.39 is 53.9 Å². The molecule has 4 unspecified atom stereocenters. The van der Waals surface area contributed by atoms with Gasteiger partial charge in [0.2, 0.25) is 0 Å². The Bertz CT molecular complexity index is 869. The van der Waals surface area contributed by atoms with E-state index in [4.69, 9.17) is 15.4 Å². The molecule has 1 aromatic rings. The van der Waals surface area contributed by atoms with Gasteiger partial charge >= 0.3 is 17.6 Å². The quantitative estimate of drug-likeness (QED) is 0.352. The fourth-order valence-corrected chi connectivity index (χ4v) is 2.90. The van der Waals surface area contributed by atoms with Crippen LogP contribution in [0.15, 0.2) is 20.9 Å². The highest BCUT2D eigenvalue weighted by Gasteiger charge is 2.43. The summed E-state index contributed by atoms with van der Waals surface area (Å²) in [7, 11) is 0. The summed E-state index contributed by atoms with van der Waals surface area (Å²) in [5.41, 5.74) is 7.66. The highest BCUT2D eigenvalue weighted by Crippen LogP contribution is 2.35. The summed E-state index contributed by atoms with van der Waals surface area (Å²) in [5, 5.41) is 21.7. The molecule has 12 nitrogen and oxygen atoms in total. The molecule has 1 saturated heterocycles. The van der Waals surface area contributed by atoms with Crippen LogP contribution in [0.4, 0.5) is 0 Å². The van der Waals surface area contributed by atoms with Crippen LogP contribution in [0.25, 0.3) is 10.4 Å². The summed E-state index contributed by atoms with van der Waals surface area (Å²) < 4.78 is 6.74. The lowest BCUT2D eigenvalue weighted by Gasteiger charge is -2.22. The van der Waals surface area contributed by atoms with Gasteiger partial charge in [-0.15, -0.1) is 0 Å². The topological polar surface area (TPSA) is 187 Å². The van der Waals surface area contributed by atoms with E-state index in [-0.39, 0.29) is 18.4 Å². The normalized spacial score (nSPS) is 23.2. The molecule has 0 aromatic carbocycles. The number of hydrogen-bond donors (Lipinski definition) is 3. The van der Waals surface area contributed by atoms with Gasteiger partial charge in [-0.3, -0.25) is 23.9 Å². The minimum absolute atomic E-state index is 0.0109. The SMILES string of the molecule is Cc1cn(C2CC(N=[N+]=[N-])C(C(CCC(=O)O)C(=O)O)O2)c(=O)[nH]c1=O. The fourth-order valence-electron chi connectivity index (χ4n) is 2.90. The Balaban J connectivity index is 2.35. The number of aliphatic carboxylic acids is 2. The van der Waals surface area contributed by atoms with Crippen LogP contribution in [0.3, 0.4) is 0 Å². The number of ether oxygens (including phenoxy) is 1. The zero-order chi connectivity index (χ0) is 19.4. The minimum Gasteiger partial charge on any atom is -0.481 e. The summed E-state index contributed by atoms with van der Waals surface area (Å²) in [6, 6.07) is -0.904. The molecule has 0 bridgehead atoms. The number of carboxylic acid groups (broad SMARTS) is 2. The van der Waals surface area contributed by atoms with Gasteiger partial charge in [-0.25, -0.2) is 4.79 Å². The number of carboxylic acids is 2. The molecule has 1 aromatic heterocycles. The second kappa shape index (κ2) is 7.85. The summed E-state index contributed by atoms with van der Waals surface area (Å²) in [4.78, 5) is 50.6. The molecule has 0 radical (unpaired) electrons. The van der Waals surface area contributed by atoms with Crippen molar-refractivity contribution in [2.24, 2.45) is 11.0 Å². The van der Waals surface area contributed by atoms with Crippen molar-refractivity contribution >= 4 is 11.9 Å². The predicted molar refractivity (Wildman–Crippen MR) is 85.5 cm³/mol. The molecule has 0 saturated carbocycles. The van der Waals surface area contributed by atoms with E-state index in [1.54, 1.807) is 0 Å². The van der Waals surface area contributed by atoms with E-state index in [1.807, 2.05) is 0 Å². The lowest BCUT2D eigenvalue weighted by atomic mass is 9.92. The van der Waals surface area contributed by atoms with Gasteiger partial charge in [-0.05, 0) is 18.9 Å². The minimum atomic E-state index is -1.29. The molecule has 26 heavy (non-hydrogen) atoms. The van der Waals surface area contributed by atoms with Crippen molar-refractivity contribution in [3.8, 4) is 0 Å². The number of nitrogens with zero attached hydrogens (tertiary/aromatic N) is 4. The molecule has 1 fully saturated rings. The second-order valence-electron chi connectivity index (χ2n) is 5.92. The third-order valence-corrected chi connectivity index (χ3v) is 4.18. The Kier molecular flexibility index (Phi) is 5.80. The molecule has 1 aliphatic rings. The van der Waals surface area contributed by atoms with Crippen LogP contribution in [0.1, 0.15) is 31.1 Å². The zero-order valence-electron chi connectivity index (χ0n) is 13.7. The van der Waals surface area contributed by atoms with Crippen molar-refractivity contribution < 1.29 is 24.5 Å². The van der Waals surface area contributed by atoms with Crippen LogP contribution >= 0.6 is 0 Å². The molecule has 0 amide bonds. The van der Waals surface area contributed by atoms with E-state index in [0.717, 1.165) is 4.57 Å². The maximum atomic E-state index is 12.0. The fraction of sp³-hybridized carbons (Fsp3) is 0.571. The maximum Gasteiger partial charge on any atom is 0.330 e. The van der Waals surface area contributed by atoms with Gasteiger partial charge in [0, 0.05) is 29.5 Å². The highest BCUT2D eigenvalue weighted by atomic mass is 16.5. The van der Waals surface area contributed by atoms with E-state index in [1.165, 1.54) is 13.1 Å². The molecule has 1 aliphatic heterocycles. The first kappa shape index (κ1) is 19.2. The zero-order valence-corrected chi connectivity index (χ0v) is 13.7. The van der Waals surface area contributed by atoms with E-state index in [2.05, 4.69) is 15.0 Å². The number of hydrogen-bond acceptors (Lipinski definition) is 6. The van der Waals surface area contributed by atoms with Crippen molar-refractivity contribution in [3.05, 3.63) is 43.0 Å². The lowest BCUT2D eigenvalue weighted by Crippen LogP contribution is -2.36. The summed E-state index contributed by atoms with van der Waals surface area (Å²) in [6.07, 6.45) is -1.40. The van der Waals surface area contributed by atoms with Gasteiger partial charge in [0.05, 0.1) is 18.1 Å². The molecular weight excluding hydrogens is 350 g/mol. The van der Waals surface area contributed by atoms with Gasteiger partial charge < -0.3 is 14.9 Å².